The third-order valence-corrected chi connectivity index (χ3v) is 1.73. The van der Waals surface area contributed by atoms with E-state index in [2.05, 4.69) is 4.98 Å². The van der Waals surface area contributed by atoms with Gasteiger partial charge < -0.3 is 9.99 Å². The molecule has 6 nitrogen and oxygen atoms in total. The summed E-state index contributed by atoms with van der Waals surface area (Å²) in [6, 6.07) is 0. The van der Waals surface area contributed by atoms with Crippen molar-refractivity contribution in [2.24, 2.45) is 0 Å². The van der Waals surface area contributed by atoms with Crippen LogP contribution in [-0.4, -0.2) is 29.5 Å². The maximum absolute atomic E-state index is 11.6. The Morgan fingerprint density at radius 2 is 2.00 bits per heavy atom. The minimum absolute atomic E-state index is 0.0294. The number of H-pyrrole nitrogens is 1. The molecule has 6 heteroatoms. The minimum atomic E-state index is -0.605. The van der Waals surface area contributed by atoms with Gasteiger partial charge in [0.05, 0.1) is 0 Å². The first-order valence-corrected chi connectivity index (χ1v) is 3.98. The predicted molar refractivity (Wildman–Crippen MR) is 51.4 cm³/mol. The Morgan fingerprint density at radius 1 is 1.43 bits per heavy atom. The second-order valence-corrected chi connectivity index (χ2v) is 3.03. The number of Topliss-reactive ketones (excluding diaryl/α,β-unsaturated/α-hetero) is 1. The maximum atomic E-state index is 11.6. The van der Waals surface area contributed by atoms with Crippen molar-refractivity contribution in [1.82, 2.24) is 9.66 Å². The van der Waals surface area contributed by atoms with Crippen LogP contribution in [0.1, 0.15) is 17.3 Å². The number of aromatic nitrogens is 2. The standard InChI is InChI=1S/C8H11N3O3/c1-5(12)6-4-9-8(14)11(7(6)13)10(2)3/h4H,1-3H3,(H,9,14). The molecule has 0 saturated carbocycles. The molecule has 0 amide bonds. The molecule has 0 aliphatic heterocycles. The number of nitrogens with zero attached hydrogens (tertiary/aromatic N) is 2. The van der Waals surface area contributed by atoms with Crippen LogP contribution in [0.25, 0.3) is 0 Å². The van der Waals surface area contributed by atoms with Crippen LogP contribution in [0.4, 0.5) is 0 Å². The Morgan fingerprint density at radius 3 is 2.43 bits per heavy atom. The molecule has 1 aromatic rings. The largest absolute Gasteiger partial charge is 0.347 e. The van der Waals surface area contributed by atoms with Crippen molar-refractivity contribution >= 4 is 5.78 Å². The first-order chi connectivity index (χ1) is 6.45. The van der Waals surface area contributed by atoms with Crippen LogP contribution in [0.15, 0.2) is 15.8 Å². The lowest BCUT2D eigenvalue weighted by molar-refractivity contribution is 0.101. The summed E-state index contributed by atoms with van der Waals surface area (Å²) in [5, 5.41) is 1.31. The van der Waals surface area contributed by atoms with Gasteiger partial charge in [-0.15, -0.1) is 0 Å². The molecule has 1 rings (SSSR count). The molecule has 0 spiro atoms. The van der Waals surface area contributed by atoms with E-state index in [0.29, 0.717) is 0 Å². The Balaban J connectivity index is 3.58. The molecular formula is C8H11N3O3. The smallest absolute Gasteiger partial charge is 0.312 e. The van der Waals surface area contributed by atoms with E-state index in [0.717, 1.165) is 10.9 Å². The lowest BCUT2D eigenvalue weighted by atomic mass is 10.2. The zero-order valence-electron chi connectivity index (χ0n) is 8.20. The first-order valence-electron chi connectivity index (χ1n) is 3.98. The summed E-state index contributed by atoms with van der Waals surface area (Å²) in [4.78, 5) is 36.1. The Hall–Kier alpha value is -1.85. The number of rotatable bonds is 2. The third kappa shape index (κ3) is 1.59. The number of carbonyl (C=O) groups is 1. The minimum Gasteiger partial charge on any atom is -0.312 e. The van der Waals surface area contributed by atoms with E-state index < -0.39 is 11.2 Å². The monoisotopic (exact) mass is 197 g/mol. The van der Waals surface area contributed by atoms with Gasteiger partial charge in [0.1, 0.15) is 5.56 Å². The zero-order valence-corrected chi connectivity index (χ0v) is 8.20. The van der Waals surface area contributed by atoms with Crippen LogP contribution in [0, 0.1) is 0 Å². The van der Waals surface area contributed by atoms with Crippen LogP contribution in [0.2, 0.25) is 0 Å². The second kappa shape index (κ2) is 3.49. The van der Waals surface area contributed by atoms with Crippen LogP contribution in [0.3, 0.4) is 0 Å². The molecule has 0 aromatic carbocycles. The van der Waals surface area contributed by atoms with Crippen LogP contribution < -0.4 is 16.3 Å². The molecule has 0 radical (unpaired) electrons. The van der Waals surface area contributed by atoms with Gasteiger partial charge in [0.15, 0.2) is 5.78 Å². The summed E-state index contributed by atoms with van der Waals surface area (Å²) in [6.45, 7) is 1.27. The highest BCUT2D eigenvalue weighted by Crippen LogP contribution is 1.86. The molecule has 0 aliphatic carbocycles. The van der Waals surface area contributed by atoms with E-state index in [4.69, 9.17) is 0 Å². The Bertz CT molecular complexity index is 469. The Labute approximate surface area is 79.8 Å². The predicted octanol–water partition coefficient (Wildman–Crippen LogP) is -1.06. The van der Waals surface area contributed by atoms with Gasteiger partial charge in [-0.3, -0.25) is 9.59 Å². The summed E-state index contributed by atoms with van der Waals surface area (Å²) < 4.78 is 0.858. The van der Waals surface area contributed by atoms with Crippen molar-refractivity contribution in [2.45, 2.75) is 6.92 Å². The fourth-order valence-electron chi connectivity index (χ4n) is 1.08. The molecule has 0 fully saturated rings. The average molecular weight is 197 g/mol. The normalized spacial score (nSPS) is 9.93. The SMILES string of the molecule is CC(=O)c1c[nH]c(=O)n(N(C)C)c1=O. The summed E-state index contributed by atoms with van der Waals surface area (Å²) in [5.74, 6) is -0.373. The van der Waals surface area contributed by atoms with Crippen molar-refractivity contribution < 1.29 is 4.79 Å². The third-order valence-electron chi connectivity index (χ3n) is 1.73. The van der Waals surface area contributed by atoms with Gasteiger partial charge in [0, 0.05) is 20.3 Å². The molecule has 0 unspecified atom stereocenters. The maximum Gasteiger partial charge on any atom is 0.347 e. The van der Waals surface area contributed by atoms with E-state index in [1.54, 1.807) is 14.1 Å². The molecule has 0 atom stereocenters. The molecule has 1 N–H and O–H groups in total. The van der Waals surface area contributed by atoms with E-state index >= 15 is 0 Å². The highest BCUT2D eigenvalue weighted by molar-refractivity contribution is 5.93. The fraction of sp³-hybridized carbons (Fsp3) is 0.375. The number of hydrogen-bond acceptors (Lipinski definition) is 4. The Kier molecular flexibility index (Phi) is 2.55. The van der Waals surface area contributed by atoms with E-state index in [1.165, 1.54) is 11.9 Å². The summed E-state index contributed by atoms with van der Waals surface area (Å²) >= 11 is 0. The van der Waals surface area contributed by atoms with E-state index in [9.17, 15) is 14.4 Å². The van der Waals surface area contributed by atoms with Gasteiger partial charge in [-0.2, -0.15) is 4.68 Å². The van der Waals surface area contributed by atoms with Gasteiger partial charge in [-0.1, -0.05) is 0 Å². The average Bonchev–Trinajstić information content (AvgIpc) is 2.02. The molecule has 0 saturated heterocycles. The van der Waals surface area contributed by atoms with Crippen LogP contribution in [-0.2, 0) is 0 Å². The number of ketones is 1. The van der Waals surface area contributed by atoms with Crippen molar-refractivity contribution in [3.05, 3.63) is 32.6 Å². The second-order valence-electron chi connectivity index (χ2n) is 3.03. The van der Waals surface area contributed by atoms with Crippen molar-refractivity contribution in [3.8, 4) is 0 Å². The quantitative estimate of drug-likeness (QED) is 0.613. The van der Waals surface area contributed by atoms with Gasteiger partial charge in [0.25, 0.3) is 5.56 Å². The number of hydrogen-bond donors (Lipinski definition) is 1. The van der Waals surface area contributed by atoms with Gasteiger partial charge in [0.2, 0.25) is 0 Å². The van der Waals surface area contributed by atoms with Crippen molar-refractivity contribution in [3.63, 3.8) is 0 Å². The summed E-state index contributed by atoms with van der Waals surface area (Å²) in [6.07, 6.45) is 1.13. The molecule has 14 heavy (non-hydrogen) atoms. The van der Waals surface area contributed by atoms with E-state index in [1.807, 2.05) is 0 Å². The van der Waals surface area contributed by atoms with Crippen molar-refractivity contribution in [1.29, 1.82) is 0 Å². The fourth-order valence-corrected chi connectivity index (χ4v) is 1.08. The van der Waals surface area contributed by atoms with E-state index in [-0.39, 0.29) is 11.3 Å². The van der Waals surface area contributed by atoms with Gasteiger partial charge in [-0.25, -0.2) is 4.79 Å². The summed E-state index contributed by atoms with van der Waals surface area (Å²) in [7, 11) is 3.08. The highest BCUT2D eigenvalue weighted by atomic mass is 16.2. The van der Waals surface area contributed by atoms with Gasteiger partial charge in [-0.05, 0) is 6.92 Å². The molecular weight excluding hydrogens is 186 g/mol. The van der Waals surface area contributed by atoms with Gasteiger partial charge >= 0.3 is 5.69 Å². The highest BCUT2D eigenvalue weighted by Gasteiger charge is 2.11. The zero-order chi connectivity index (χ0) is 10.9. The molecule has 1 heterocycles. The lowest BCUT2D eigenvalue weighted by Gasteiger charge is -2.13. The number of nitrogens with one attached hydrogen (secondary N) is 1. The number of carbonyl (C=O) groups excluding carboxylic acids is 1. The molecule has 0 aliphatic rings. The first kappa shape index (κ1) is 10.2. The van der Waals surface area contributed by atoms with Crippen LogP contribution in [0.5, 0.6) is 0 Å². The molecule has 1 aromatic heterocycles. The molecule has 0 bridgehead atoms. The summed E-state index contributed by atoms with van der Waals surface area (Å²) in [5.41, 5.74) is -1.20. The van der Waals surface area contributed by atoms with Crippen LogP contribution >= 0.6 is 0 Å². The topological polar surface area (TPSA) is 75.2 Å². The molecule has 76 valence electrons. The lowest BCUT2D eigenvalue weighted by Crippen LogP contribution is -2.47. The number of aromatic amines is 1. The van der Waals surface area contributed by atoms with Crippen molar-refractivity contribution in [2.75, 3.05) is 19.1 Å².